The molecule has 0 fully saturated rings. The second kappa shape index (κ2) is 4.90. The lowest BCUT2D eigenvalue weighted by molar-refractivity contribution is 0.602. The number of nitrogens with zero attached hydrogens (tertiary/aromatic N) is 2. The first-order chi connectivity index (χ1) is 9.15. The lowest BCUT2D eigenvalue weighted by Crippen LogP contribution is -2.06. The van der Waals surface area contributed by atoms with Gasteiger partial charge in [-0.2, -0.15) is 0 Å². The van der Waals surface area contributed by atoms with Crippen molar-refractivity contribution in [1.82, 2.24) is 14.5 Å². The topological polar surface area (TPSA) is 33.6 Å². The van der Waals surface area contributed by atoms with Crippen molar-refractivity contribution in [3.8, 4) is 0 Å². The summed E-state index contributed by atoms with van der Waals surface area (Å²) < 4.78 is 2.95. The lowest BCUT2D eigenvalue weighted by Gasteiger charge is -2.10. The molecule has 3 rings (SSSR count). The molecule has 1 unspecified atom stereocenters. The number of thiazole rings is 1. The van der Waals surface area contributed by atoms with Gasteiger partial charge in [0.25, 0.3) is 0 Å². The van der Waals surface area contributed by atoms with Crippen molar-refractivity contribution >= 4 is 34.6 Å². The largest absolute Gasteiger partial charge is 0.331 e. The van der Waals surface area contributed by atoms with Crippen molar-refractivity contribution in [2.75, 3.05) is 0 Å². The molecular formula is C14H15N3S2. The number of hydrogen-bond acceptors (Lipinski definition) is 3. The van der Waals surface area contributed by atoms with Crippen LogP contribution in [0.1, 0.15) is 23.4 Å². The Hall–Kier alpha value is -1.46. The van der Waals surface area contributed by atoms with Crippen LogP contribution in [0, 0.1) is 11.7 Å². The minimum Gasteiger partial charge on any atom is -0.331 e. The van der Waals surface area contributed by atoms with Gasteiger partial charge in [0.2, 0.25) is 0 Å². The van der Waals surface area contributed by atoms with Crippen LogP contribution in [0.25, 0.3) is 11.0 Å². The monoisotopic (exact) mass is 289 g/mol. The predicted molar refractivity (Wildman–Crippen MR) is 82.4 cm³/mol. The van der Waals surface area contributed by atoms with Gasteiger partial charge in [-0.3, -0.25) is 0 Å². The first-order valence-electron chi connectivity index (χ1n) is 6.23. The number of benzene rings is 1. The Labute approximate surface area is 120 Å². The summed E-state index contributed by atoms with van der Waals surface area (Å²) in [5, 5.41) is 3.17. The maximum atomic E-state index is 5.43. The predicted octanol–water partition coefficient (Wildman–Crippen LogP) is 4.27. The van der Waals surface area contributed by atoms with Gasteiger partial charge in [-0.15, -0.1) is 11.3 Å². The van der Waals surface area contributed by atoms with E-state index in [-0.39, 0.29) is 0 Å². The number of rotatable bonds is 3. The zero-order valence-electron chi connectivity index (χ0n) is 10.9. The lowest BCUT2D eigenvalue weighted by atomic mass is 10.2. The van der Waals surface area contributed by atoms with Gasteiger partial charge in [-0.1, -0.05) is 13.0 Å². The highest BCUT2D eigenvalue weighted by Gasteiger charge is 2.12. The van der Waals surface area contributed by atoms with Crippen LogP contribution in [0.3, 0.4) is 0 Å². The third kappa shape index (κ3) is 2.35. The Balaban J connectivity index is 2.03. The second-order valence-electron chi connectivity index (χ2n) is 4.83. The van der Waals surface area contributed by atoms with E-state index in [0.29, 0.717) is 5.92 Å². The molecular weight excluding hydrogens is 274 g/mol. The molecule has 5 heteroatoms. The highest BCUT2D eigenvalue weighted by atomic mass is 32.1. The summed E-state index contributed by atoms with van der Waals surface area (Å²) in [6.07, 6.45) is 1.86. The van der Waals surface area contributed by atoms with E-state index >= 15 is 0 Å². The fourth-order valence-corrected chi connectivity index (χ4v) is 3.25. The van der Waals surface area contributed by atoms with Crippen molar-refractivity contribution in [1.29, 1.82) is 0 Å². The Morgan fingerprint density at radius 1 is 1.47 bits per heavy atom. The summed E-state index contributed by atoms with van der Waals surface area (Å²) in [5.74, 6) is 0.367. The third-order valence-electron chi connectivity index (χ3n) is 3.26. The minimum absolute atomic E-state index is 0.367. The smallest absolute Gasteiger partial charge is 0.178 e. The number of aromatic nitrogens is 3. The molecule has 1 aromatic carbocycles. The summed E-state index contributed by atoms with van der Waals surface area (Å²) in [6, 6.07) is 6.36. The van der Waals surface area contributed by atoms with Crippen LogP contribution in [-0.4, -0.2) is 14.5 Å². The van der Waals surface area contributed by atoms with Crippen LogP contribution >= 0.6 is 23.6 Å². The molecule has 3 nitrogen and oxygen atoms in total. The Bertz CT molecular complexity index is 753. The molecule has 0 bridgehead atoms. The fourth-order valence-electron chi connectivity index (χ4n) is 2.27. The third-order valence-corrected chi connectivity index (χ3v) is 4.59. The zero-order valence-corrected chi connectivity index (χ0v) is 12.5. The first-order valence-corrected chi connectivity index (χ1v) is 7.52. The summed E-state index contributed by atoms with van der Waals surface area (Å²) >= 11 is 7.13. The van der Waals surface area contributed by atoms with E-state index in [1.165, 1.54) is 11.1 Å². The van der Waals surface area contributed by atoms with E-state index in [1.54, 1.807) is 11.3 Å². The van der Waals surface area contributed by atoms with Crippen molar-refractivity contribution in [3.05, 3.63) is 45.1 Å². The molecule has 0 saturated heterocycles. The second-order valence-corrected chi connectivity index (χ2v) is 6.15. The molecule has 19 heavy (non-hydrogen) atoms. The molecule has 0 saturated carbocycles. The van der Waals surface area contributed by atoms with Crippen molar-refractivity contribution in [3.63, 3.8) is 0 Å². The van der Waals surface area contributed by atoms with Crippen molar-refractivity contribution in [2.45, 2.75) is 26.3 Å². The number of aromatic amines is 1. The van der Waals surface area contributed by atoms with Gasteiger partial charge >= 0.3 is 0 Å². The molecule has 1 N–H and O–H groups in total. The number of hydrogen-bond donors (Lipinski definition) is 1. The van der Waals surface area contributed by atoms with Crippen LogP contribution in [0.4, 0.5) is 0 Å². The molecule has 0 aliphatic heterocycles. The van der Waals surface area contributed by atoms with E-state index in [9.17, 15) is 0 Å². The molecule has 0 radical (unpaired) electrons. The first kappa shape index (κ1) is 12.6. The highest BCUT2D eigenvalue weighted by molar-refractivity contribution is 7.71. The zero-order chi connectivity index (χ0) is 13.4. The minimum atomic E-state index is 0.367. The maximum absolute atomic E-state index is 5.43. The molecule has 0 aliphatic rings. The number of imidazole rings is 1. The van der Waals surface area contributed by atoms with E-state index in [1.807, 2.05) is 11.6 Å². The Morgan fingerprint density at radius 3 is 3.05 bits per heavy atom. The van der Waals surface area contributed by atoms with E-state index in [4.69, 9.17) is 12.2 Å². The summed E-state index contributed by atoms with van der Waals surface area (Å²) in [6.45, 7) is 5.15. The van der Waals surface area contributed by atoms with Crippen LogP contribution < -0.4 is 0 Å². The van der Waals surface area contributed by atoms with Gasteiger partial charge in [0.05, 0.1) is 16.0 Å². The number of fused-ring (bicyclic) bond motifs is 1. The molecule has 2 heterocycles. The quantitative estimate of drug-likeness (QED) is 0.731. The van der Waals surface area contributed by atoms with Gasteiger partial charge in [-0.05, 0) is 36.8 Å². The number of aryl methyl sites for hydroxylation is 1. The molecule has 0 aliphatic carbocycles. The van der Waals surface area contributed by atoms with E-state index in [0.717, 1.165) is 21.8 Å². The number of H-pyrrole nitrogens is 1. The van der Waals surface area contributed by atoms with Gasteiger partial charge < -0.3 is 9.55 Å². The molecule has 1 atom stereocenters. The van der Waals surface area contributed by atoms with Crippen LogP contribution in [0.5, 0.6) is 0 Å². The average Bonchev–Trinajstić information content (AvgIpc) is 2.99. The van der Waals surface area contributed by atoms with E-state index in [2.05, 4.69) is 46.6 Å². The SMILES string of the molecule is Cc1ccc2[nH]c(=S)n(CC(C)c3nccs3)c2c1. The van der Waals surface area contributed by atoms with Gasteiger partial charge in [0.15, 0.2) is 4.77 Å². The van der Waals surface area contributed by atoms with Gasteiger partial charge in [-0.25, -0.2) is 4.98 Å². The van der Waals surface area contributed by atoms with Gasteiger partial charge in [0, 0.05) is 24.0 Å². The number of nitrogens with one attached hydrogen (secondary N) is 1. The fraction of sp³-hybridized carbons (Fsp3) is 0.286. The summed E-state index contributed by atoms with van der Waals surface area (Å²) in [5.41, 5.74) is 3.52. The Kier molecular flexibility index (Phi) is 3.24. The molecule has 0 amide bonds. The summed E-state index contributed by atoms with van der Waals surface area (Å²) in [4.78, 5) is 7.65. The van der Waals surface area contributed by atoms with Gasteiger partial charge in [0.1, 0.15) is 0 Å². The summed E-state index contributed by atoms with van der Waals surface area (Å²) in [7, 11) is 0. The normalized spacial score (nSPS) is 12.9. The molecule has 98 valence electrons. The maximum Gasteiger partial charge on any atom is 0.178 e. The molecule has 3 aromatic rings. The Morgan fingerprint density at radius 2 is 2.32 bits per heavy atom. The molecule has 0 spiro atoms. The highest BCUT2D eigenvalue weighted by Crippen LogP contribution is 2.23. The van der Waals surface area contributed by atoms with Crippen LogP contribution in [0.15, 0.2) is 29.8 Å². The van der Waals surface area contributed by atoms with Crippen LogP contribution in [-0.2, 0) is 6.54 Å². The van der Waals surface area contributed by atoms with Crippen molar-refractivity contribution < 1.29 is 0 Å². The van der Waals surface area contributed by atoms with E-state index < -0.39 is 0 Å². The van der Waals surface area contributed by atoms with Crippen LogP contribution in [0.2, 0.25) is 0 Å². The standard InChI is InChI=1S/C14H15N3S2/c1-9-3-4-11-12(7-9)17(14(18)16-11)8-10(2)13-15-5-6-19-13/h3-7,10H,8H2,1-2H3,(H,16,18). The average molecular weight is 289 g/mol. The van der Waals surface area contributed by atoms with Crippen molar-refractivity contribution in [2.24, 2.45) is 0 Å². The molecule has 2 aromatic heterocycles.